The number of alkyl carbamates (subject to hydrolysis) is 1. The number of amides is 1. The summed E-state index contributed by atoms with van der Waals surface area (Å²) in [5, 5.41) is 29.0. The number of aromatic hydroxyl groups is 1. The number of thiazole rings is 1. The minimum Gasteiger partial charge on any atom is -0.508 e. The maximum absolute atomic E-state index is 13.6. The number of aliphatic hydroxyl groups excluding tert-OH is 1. The summed E-state index contributed by atoms with van der Waals surface area (Å²) in [5.74, 6) is 0.243. The van der Waals surface area contributed by atoms with E-state index in [1.165, 1.54) is 18.2 Å². The number of hydrogen-bond donors (Lipinski definition) is 4. The summed E-state index contributed by atoms with van der Waals surface area (Å²) in [6.07, 6.45) is -1.80. The fraction of sp³-hybridized carbons (Fsp3) is 0.515. The summed E-state index contributed by atoms with van der Waals surface area (Å²) < 4.78 is 49.9. The molecule has 14 heteroatoms. The molecule has 0 aliphatic carbocycles. The molecule has 3 heterocycles. The zero-order valence-electron chi connectivity index (χ0n) is 26.9. The predicted molar refractivity (Wildman–Crippen MR) is 175 cm³/mol. The Balaban J connectivity index is 1.27. The van der Waals surface area contributed by atoms with Gasteiger partial charge in [0.25, 0.3) is 0 Å². The Hall–Kier alpha value is -3.27. The molecule has 2 aliphatic rings. The molecule has 2 fully saturated rings. The Kier molecular flexibility index (Phi) is 11.4. The zero-order valence-corrected chi connectivity index (χ0v) is 28.6. The quantitative estimate of drug-likeness (QED) is 0.194. The van der Waals surface area contributed by atoms with Gasteiger partial charge in [-0.1, -0.05) is 26.0 Å². The second-order valence-corrected chi connectivity index (χ2v) is 15.5. The van der Waals surface area contributed by atoms with Crippen LogP contribution in [0.15, 0.2) is 52.7 Å². The number of aryl methyl sites for hydroxylation is 2. The van der Waals surface area contributed by atoms with E-state index in [9.17, 15) is 23.4 Å². The lowest BCUT2D eigenvalue weighted by molar-refractivity contribution is -0.0907. The van der Waals surface area contributed by atoms with Gasteiger partial charge in [0.1, 0.15) is 29.6 Å². The van der Waals surface area contributed by atoms with Crippen molar-refractivity contribution in [1.29, 1.82) is 0 Å². The number of carbonyl (C=O) groups excluding carboxylic acids is 1. The molecule has 2 aliphatic heterocycles. The number of fused-ring (bicyclic) bond motifs is 1. The van der Waals surface area contributed by atoms with Gasteiger partial charge in [-0.3, -0.25) is 5.32 Å². The third-order valence-electron chi connectivity index (χ3n) is 8.41. The number of ether oxygens (including phenoxy) is 4. The van der Waals surface area contributed by atoms with Gasteiger partial charge in [0, 0.05) is 11.9 Å². The summed E-state index contributed by atoms with van der Waals surface area (Å²) >= 11 is 1.56. The number of sulfone groups is 1. The molecule has 0 bridgehead atoms. The number of phenolic OH excluding ortho intramolecular Hbond substituents is 1. The van der Waals surface area contributed by atoms with Crippen molar-refractivity contribution in [2.45, 2.75) is 82.0 Å². The number of aliphatic hydroxyl groups is 1. The van der Waals surface area contributed by atoms with Crippen molar-refractivity contribution in [1.82, 2.24) is 15.6 Å². The highest BCUT2D eigenvalue weighted by atomic mass is 32.2. The Morgan fingerprint density at radius 3 is 2.60 bits per heavy atom. The predicted octanol–water partition coefficient (Wildman–Crippen LogP) is 3.85. The van der Waals surface area contributed by atoms with Crippen molar-refractivity contribution in [3.8, 4) is 11.5 Å². The van der Waals surface area contributed by atoms with E-state index in [4.69, 9.17) is 18.9 Å². The van der Waals surface area contributed by atoms with E-state index in [0.29, 0.717) is 24.5 Å². The van der Waals surface area contributed by atoms with E-state index in [0.717, 1.165) is 22.7 Å². The largest absolute Gasteiger partial charge is 0.508 e. The van der Waals surface area contributed by atoms with Crippen LogP contribution in [0.25, 0.3) is 0 Å². The Morgan fingerprint density at radius 2 is 1.91 bits per heavy atom. The lowest BCUT2D eigenvalue weighted by Gasteiger charge is -2.29. The molecule has 5 rings (SSSR count). The number of aromatic nitrogens is 1. The molecule has 47 heavy (non-hydrogen) atoms. The second-order valence-electron chi connectivity index (χ2n) is 12.3. The van der Waals surface area contributed by atoms with Crippen LogP contribution >= 0.6 is 11.3 Å². The topological polar surface area (TPSA) is 166 Å². The fourth-order valence-electron chi connectivity index (χ4n) is 5.80. The highest BCUT2D eigenvalue weighted by Gasteiger charge is 2.44. The summed E-state index contributed by atoms with van der Waals surface area (Å²) in [5.41, 5.74) is 2.10. The molecule has 2 saturated heterocycles. The lowest BCUT2D eigenvalue weighted by Crippen LogP contribution is -2.52. The average molecular weight is 690 g/mol. The van der Waals surface area contributed by atoms with Gasteiger partial charge in [0.05, 0.1) is 46.9 Å². The van der Waals surface area contributed by atoms with Crippen LogP contribution in [-0.4, -0.2) is 79.4 Å². The third-order valence-corrected chi connectivity index (χ3v) is 11.5. The number of nitrogens with one attached hydrogen (secondary N) is 2. The van der Waals surface area contributed by atoms with Gasteiger partial charge in [-0.05, 0) is 74.1 Å². The molecule has 12 nitrogen and oxygen atoms in total. The molecule has 3 aromatic rings. The van der Waals surface area contributed by atoms with Crippen molar-refractivity contribution in [2.24, 2.45) is 11.8 Å². The molecule has 0 radical (unpaired) electrons. The van der Waals surface area contributed by atoms with Gasteiger partial charge in [0.2, 0.25) is 0 Å². The Morgan fingerprint density at radius 1 is 1.15 bits per heavy atom. The minimum atomic E-state index is -3.88. The third kappa shape index (κ3) is 8.80. The van der Waals surface area contributed by atoms with Gasteiger partial charge in [-0.2, -0.15) is 0 Å². The maximum atomic E-state index is 13.6. The first kappa shape index (κ1) is 35.0. The molecular formula is C33H43N3O9S2. The molecule has 1 unspecified atom stereocenters. The van der Waals surface area contributed by atoms with Gasteiger partial charge in [-0.15, -0.1) is 11.3 Å². The molecule has 2 aromatic carbocycles. The van der Waals surface area contributed by atoms with Crippen LogP contribution in [0.4, 0.5) is 4.79 Å². The van der Waals surface area contributed by atoms with Crippen molar-refractivity contribution in [3.05, 3.63) is 69.7 Å². The lowest BCUT2D eigenvalue weighted by atomic mass is 10.0. The van der Waals surface area contributed by atoms with Crippen molar-refractivity contribution in [2.75, 3.05) is 19.8 Å². The van der Waals surface area contributed by atoms with Gasteiger partial charge in [0.15, 0.2) is 16.1 Å². The van der Waals surface area contributed by atoms with Gasteiger partial charge < -0.3 is 34.5 Å². The van der Waals surface area contributed by atoms with E-state index in [2.05, 4.69) is 15.6 Å². The summed E-state index contributed by atoms with van der Waals surface area (Å²) in [4.78, 5) is 17.6. The summed E-state index contributed by atoms with van der Waals surface area (Å²) in [6, 6.07) is 10.6. The molecule has 0 spiro atoms. The molecule has 256 valence electrons. The SMILES string of the molecule is Cc1nc(COc2ccc(C[C@H](NC(=O)O[C@H]3CO[C@H]4OCC[C@H]43)[C@H](O)CNC(C(C)C)S(=O)(=O)c3ccc(O)c(C)c3)cc2)cs1. The van der Waals surface area contributed by atoms with Crippen molar-refractivity contribution < 1.29 is 42.4 Å². The van der Waals surface area contributed by atoms with Crippen LogP contribution in [0, 0.1) is 25.7 Å². The first-order chi connectivity index (χ1) is 22.4. The highest BCUT2D eigenvalue weighted by molar-refractivity contribution is 7.92. The van der Waals surface area contributed by atoms with Crippen molar-refractivity contribution in [3.63, 3.8) is 0 Å². The molecule has 1 amide bonds. The first-order valence-corrected chi connectivity index (χ1v) is 18.1. The van der Waals surface area contributed by atoms with Crippen LogP contribution in [0.2, 0.25) is 0 Å². The molecule has 0 saturated carbocycles. The molecule has 6 atom stereocenters. The average Bonchev–Trinajstić information content (AvgIpc) is 3.76. The van der Waals surface area contributed by atoms with Crippen LogP contribution in [0.1, 0.15) is 42.1 Å². The van der Waals surface area contributed by atoms with Crippen LogP contribution in [-0.2, 0) is 37.1 Å². The van der Waals surface area contributed by atoms with Crippen molar-refractivity contribution >= 4 is 27.3 Å². The van der Waals surface area contributed by atoms with Gasteiger partial charge >= 0.3 is 6.09 Å². The normalized spacial score (nSPS) is 21.3. The zero-order chi connectivity index (χ0) is 33.7. The molecular weight excluding hydrogens is 647 g/mol. The van der Waals surface area contributed by atoms with Crippen LogP contribution < -0.4 is 15.4 Å². The number of hydrogen-bond acceptors (Lipinski definition) is 12. The van der Waals surface area contributed by atoms with E-state index >= 15 is 0 Å². The number of phenols is 1. The summed E-state index contributed by atoms with van der Waals surface area (Å²) in [7, 11) is -3.88. The number of carbonyl (C=O) groups is 1. The number of nitrogens with zero attached hydrogens (tertiary/aromatic N) is 1. The number of rotatable bonds is 14. The summed E-state index contributed by atoms with van der Waals surface area (Å²) in [6.45, 7) is 8.07. The maximum Gasteiger partial charge on any atom is 0.407 e. The standard InChI is InChI=1S/C33H43N3O9S2/c1-19(2)31(47(40,41)25-9-10-28(37)20(3)13-25)34-15-29(38)27(36-33(39)45-30-17-44-32-26(30)11-12-42-32)14-22-5-7-24(8-6-22)43-16-23-18-46-21(4)35-23/h5-10,13,18-19,26-27,29-32,34,37-38H,11-12,14-17H2,1-4H3,(H,36,39)/t26-,27-,29+,30-,31?,32+/m0/s1. The van der Waals surface area contributed by atoms with Crippen LogP contribution in [0.5, 0.6) is 11.5 Å². The Labute approximate surface area is 279 Å². The van der Waals surface area contributed by atoms with E-state index in [1.54, 1.807) is 32.1 Å². The minimum absolute atomic E-state index is 0.00326. The van der Waals surface area contributed by atoms with Crippen LogP contribution in [0.3, 0.4) is 0 Å². The van der Waals surface area contributed by atoms with E-state index in [1.807, 2.05) is 36.6 Å². The molecule has 4 N–H and O–H groups in total. The fourth-order valence-corrected chi connectivity index (χ4v) is 8.32. The Bertz CT molecular complexity index is 1610. The second kappa shape index (κ2) is 15.3. The monoisotopic (exact) mass is 689 g/mol. The number of benzene rings is 2. The van der Waals surface area contributed by atoms with E-state index < -0.39 is 39.6 Å². The van der Waals surface area contributed by atoms with E-state index in [-0.39, 0.29) is 48.3 Å². The highest BCUT2D eigenvalue weighted by Crippen LogP contribution is 2.33. The smallest absolute Gasteiger partial charge is 0.407 e. The molecule has 1 aromatic heterocycles. The van der Waals surface area contributed by atoms with Gasteiger partial charge in [-0.25, -0.2) is 18.2 Å². The first-order valence-electron chi connectivity index (χ1n) is 15.7.